The van der Waals surface area contributed by atoms with E-state index in [2.05, 4.69) is 31.1 Å². The van der Waals surface area contributed by atoms with E-state index in [0.717, 1.165) is 27.7 Å². The van der Waals surface area contributed by atoms with E-state index in [-0.39, 0.29) is 29.2 Å². The summed E-state index contributed by atoms with van der Waals surface area (Å²) >= 11 is 9.28. The first-order valence-electron chi connectivity index (χ1n) is 11.9. The van der Waals surface area contributed by atoms with E-state index in [9.17, 15) is 31.5 Å². The zero-order valence-corrected chi connectivity index (χ0v) is 23.4. The molecule has 0 saturated carbocycles. The van der Waals surface area contributed by atoms with Crippen molar-refractivity contribution in [3.63, 3.8) is 0 Å². The zero-order valence-electron chi connectivity index (χ0n) is 21.0. The Labute approximate surface area is 244 Å². The first-order chi connectivity index (χ1) is 19.3. The van der Waals surface area contributed by atoms with Gasteiger partial charge in [-0.1, -0.05) is 45.7 Å². The highest BCUT2D eigenvalue weighted by Gasteiger charge is 2.54. The van der Waals surface area contributed by atoms with Crippen LogP contribution in [0, 0.1) is 0 Å². The number of carbonyl (C=O) groups is 2. The third-order valence-corrected chi connectivity index (χ3v) is 6.93. The lowest BCUT2D eigenvalue weighted by Gasteiger charge is -2.29. The Balaban J connectivity index is 1.85. The molecule has 0 spiro atoms. The van der Waals surface area contributed by atoms with Crippen molar-refractivity contribution in [2.24, 2.45) is 5.10 Å². The van der Waals surface area contributed by atoms with Crippen LogP contribution < -0.4 is 10.1 Å². The summed E-state index contributed by atoms with van der Waals surface area (Å²) < 4.78 is 76.2. The average molecular weight is 661 g/mol. The number of carbonyl (C=O) groups excluding carboxylic acids is 2. The lowest BCUT2D eigenvalue weighted by atomic mass is 9.74. The molecule has 1 atom stereocenters. The molecule has 1 N–H and O–H groups in total. The van der Waals surface area contributed by atoms with Gasteiger partial charge in [-0.3, -0.25) is 4.79 Å². The van der Waals surface area contributed by atoms with Crippen molar-refractivity contribution in [1.29, 1.82) is 0 Å². The van der Waals surface area contributed by atoms with Crippen LogP contribution >= 0.6 is 27.5 Å². The summed E-state index contributed by atoms with van der Waals surface area (Å²) in [7, 11) is 0. The smallest absolute Gasteiger partial charge is 0.417 e. The van der Waals surface area contributed by atoms with Crippen molar-refractivity contribution in [2.75, 3.05) is 18.5 Å². The molecule has 1 aliphatic heterocycles. The van der Waals surface area contributed by atoms with E-state index in [1.165, 1.54) is 24.3 Å². The highest BCUT2D eigenvalue weighted by Crippen LogP contribution is 2.41. The van der Waals surface area contributed by atoms with E-state index < -0.39 is 47.3 Å². The molecule has 1 unspecified atom stereocenters. The molecule has 0 bridgehead atoms. The molecule has 0 aromatic heterocycles. The summed E-state index contributed by atoms with van der Waals surface area (Å²) in [6.45, 7) is -2.07. The normalized spacial score (nSPS) is 16.9. The van der Waals surface area contributed by atoms with Gasteiger partial charge in [-0.15, -0.1) is 0 Å². The predicted octanol–water partition coefficient (Wildman–Crippen LogP) is 7.48. The van der Waals surface area contributed by atoms with Crippen molar-refractivity contribution in [3.8, 4) is 5.75 Å². The van der Waals surface area contributed by atoms with Gasteiger partial charge < -0.3 is 14.8 Å². The molecule has 1 heterocycles. The number of rotatable bonds is 7. The molecule has 0 saturated heterocycles. The van der Waals surface area contributed by atoms with Crippen LogP contribution in [0.4, 0.5) is 32.4 Å². The van der Waals surface area contributed by atoms with Crippen LogP contribution in [-0.4, -0.2) is 42.5 Å². The monoisotopic (exact) mass is 659 g/mol. The van der Waals surface area contributed by atoms with Gasteiger partial charge in [0.25, 0.3) is 0 Å². The largest absolute Gasteiger partial charge is 0.465 e. The Bertz CT molecular complexity index is 1470. The summed E-state index contributed by atoms with van der Waals surface area (Å²) in [4.78, 5) is 26.9. The third-order valence-electron chi connectivity index (χ3n) is 6.09. The van der Waals surface area contributed by atoms with Crippen LogP contribution in [0.2, 0.25) is 5.02 Å². The van der Waals surface area contributed by atoms with Gasteiger partial charge in [-0.2, -0.15) is 27.1 Å². The Morgan fingerprint density at radius 1 is 1.10 bits per heavy atom. The van der Waals surface area contributed by atoms with Crippen molar-refractivity contribution < 1.29 is 41.0 Å². The van der Waals surface area contributed by atoms with Gasteiger partial charge in [-0.05, 0) is 61.0 Å². The second-order valence-electron chi connectivity index (χ2n) is 8.66. The molecule has 7 nitrogen and oxygen atoms in total. The van der Waals surface area contributed by atoms with Crippen LogP contribution in [-0.2, 0) is 21.1 Å². The third kappa shape index (κ3) is 6.46. The number of urea groups is 1. The lowest BCUT2D eigenvalue weighted by molar-refractivity contribution is -0.147. The van der Waals surface area contributed by atoms with Crippen LogP contribution in [0.5, 0.6) is 5.75 Å². The number of halogens is 7. The molecular formula is C27H20BrClF5N3O4. The molecule has 3 aromatic carbocycles. The Morgan fingerprint density at radius 3 is 2.32 bits per heavy atom. The average Bonchev–Trinajstić information content (AvgIpc) is 3.32. The number of ether oxygens (including phenoxy) is 2. The lowest BCUT2D eigenvalue weighted by Crippen LogP contribution is -2.48. The first-order valence-corrected chi connectivity index (χ1v) is 13.0. The molecule has 0 fully saturated rings. The molecule has 216 valence electrons. The van der Waals surface area contributed by atoms with Crippen LogP contribution in [0.3, 0.4) is 0 Å². The van der Waals surface area contributed by atoms with Gasteiger partial charge in [-0.25, -0.2) is 9.80 Å². The Kier molecular flexibility index (Phi) is 8.88. The number of nitrogens with one attached hydrogen (secondary N) is 1. The van der Waals surface area contributed by atoms with Gasteiger partial charge in [0.15, 0.2) is 5.41 Å². The van der Waals surface area contributed by atoms with E-state index in [4.69, 9.17) is 16.3 Å². The second kappa shape index (κ2) is 12.0. The van der Waals surface area contributed by atoms with Gasteiger partial charge in [0.05, 0.1) is 29.4 Å². The van der Waals surface area contributed by atoms with Gasteiger partial charge in [0.1, 0.15) is 5.75 Å². The molecule has 3 aromatic rings. The van der Waals surface area contributed by atoms with E-state index >= 15 is 0 Å². The fourth-order valence-corrected chi connectivity index (χ4v) is 4.81. The first kappa shape index (κ1) is 30.3. The SMILES string of the molecule is CCOC(=O)C1(c2ccc(OC(F)F)cc2)CN(C(=O)Nc2ccc(Br)cc2)N=C1c1ccc(C(F)(F)F)c(Cl)c1. The summed E-state index contributed by atoms with van der Waals surface area (Å²) in [5.74, 6) is -1.09. The fourth-order valence-electron chi connectivity index (χ4n) is 4.26. The molecule has 41 heavy (non-hydrogen) atoms. The number of benzene rings is 3. The fraction of sp³-hybridized carbons (Fsp3) is 0.222. The Hall–Kier alpha value is -3.71. The molecule has 0 aliphatic carbocycles. The van der Waals surface area contributed by atoms with Gasteiger partial charge in [0.2, 0.25) is 0 Å². The molecule has 4 rings (SSSR count). The van der Waals surface area contributed by atoms with Crippen molar-refractivity contribution >= 4 is 50.9 Å². The van der Waals surface area contributed by atoms with Crippen LogP contribution in [0.1, 0.15) is 23.6 Å². The Morgan fingerprint density at radius 2 is 1.76 bits per heavy atom. The maximum Gasteiger partial charge on any atom is 0.417 e. The van der Waals surface area contributed by atoms with Gasteiger partial charge in [0, 0.05) is 15.7 Å². The number of esters is 1. The second-order valence-corrected chi connectivity index (χ2v) is 9.99. The molecule has 1 aliphatic rings. The van der Waals surface area contributed by atoms with Crippen molar-refractivity contribution in [2.45, 2.75) is 25.1 Å². The van der Waals surface area contributed by atoms with E-state index in [1.54, 1.807) is 31.2 Å². The molecule has 14 heteroatoms. The number of amides is 2. The summed E-state index contributed by atoms with van der Waals surface area (Å²) in [6.07, 6.45) is -4.75. The van der Waals surface area contributed by atoms with E-state index in [1.807, 2.05) is 0 Å². The minimum atomic E-state index is -4.75. The van der Waals surface area contributed by atoms with Crippen LogP contribution in [0.15, 0.2) is 76.3 Å². The number of hydrogen-bond donors (Lipinski definition) is 1. The molecule has 2 amide bonds. The summed E-state index contributed by atoms with van der Waals surface area (Å²) in [5.41, 5.74) is -2.56. The quantitative estimate of drug-likeness (QED) is 0.211. The number of hydrogen-bond acceptors (Lipinski definition) is 5. The van der Waals surface area contributed by atoms with Crippen molar-refractivity contribution in [3.05, 3.63) is 92.9 Å². The number of anilines is 1. The van der Waals surface area contributed by atoms with Crippen LogP contribution in [0.25, 0.3) is 0 Å². The summed E-state index contributed by atoms with van der Waals surface area (Å²) in [6, 6.07) is 13.6. The highest BCUT2D eigenvalue weighted by molar-refractivity contribution is 9.10. The summed E-state index contributed by atoms with van der Waals surface area (Å²) in [5, 5.41) is 7.26. The standard InChI is InChI=1S/C27H20BrClF5N3O4/c1-2-40-23(38)26(16-4-10-19(11-5-16)41-24(30)31)14-37(25(39)35-18-8-6-17(28)7-9-18)36-22(26)15-3-12-20(21(29)13-15)27(32,33)34/h3-13,24H,2,14H2,1H3,(H,35,39). The number of alkyl halides is 5. The minimum absolute atomic E-state index is 0.00269. The molecular weight excluding hydrogens is 641 g/mol. The predicted molar refractivity (Wildman–Crippen MR) is 144 cm³/mol. The maximum atomic E-state index is 13.7. The molecule has 0 radical (unpaired) electrons. The van der Waals surface area contributed by atoms with Gasteiger partial charge >= 0.3 is 24.8 Å². The number of hydrazone groups is 1. The van der Waals surface area contributed by atoms with E-state index in [0.29, 0.717) is 5.69 Å². The zero-order chi connectivity index (χ0) is 29.9. The topological polar surface area (TPSA) is 80.2 Å². The van der Waals surface area contributed by atoms with Crippen molar-refractivity contribution in [1.82, 2.24) is 5.01 Å². The number of nitrogens with zero attached hydrogens (tertiary/aromatic N) is 2. The maximum absolute atomic E-state index is 13.7. The highest BCUT2D eigenvalue weighted by atomic mass is 79.9. The minimum Gasteiger partial charge on any atom is -0.465 e.